The molecule has 1 heterocycles. The smallest absolute Gasteiger partial charge is 0.220 e. The Morgan fingerprint density at radius 2 is 2.15 bits per heavy atom. The van der Waals surface area contributed by atoms with Crippen LogP contribution in [-0.2, 0) is 9.84 Å². The zero-order valence-electron chi connectivity index (χ0n) is 7.48. The first-order chi connectivity index (χ1) is 5.97. The van der Waals surface area contributed by atoms with Gasteiger partial charge < -0.3 is 5.73 Å². The largest absolute Gasteiger partial charge is 0.368 e. The van der Waals surface area contributed by atoms with E-state index < -0.39 is 9.84 Å². The van der Waals surface area contributed by atoms with E-state index in [1.807, 2.05) is 0 Å². The van der Waals surface area contributed by atoms with Crippen LogP contribution in [0.2, 0.25) is 0 Å². The minimum absolute atomic E-state index is 0.0428. The standard InChI is InChI=1S/C7H11N3O2S/c1-3-13(11,12)6-4-9-7(8)10-5(6)2/h4H,3H2,1-2H3,(H2,8,9,10). The van der Waals surface area contributed by atoms with Gasteiger partial charge in [-0.2, -0.15) is 0 Å². The van der Waals surface area contributed by atoms with Gasteiger partial charge in [0.05, 0.1) is 17.6 Å². The Morgan fingerprint density at radius 1 is 1.54 bits per heavy atom. The summed E-state index contributed by atoms with van der Waals surface area (Å²) in [5.74, 6) is 0.133. The molecule has 0 aliphatic heterocycles. The van der Waals surface area contributed by atoms with E-state index in [1.54, 1.807) is 13.8 Å². The fraction of sp³-hybridized carbons (Fsp3) is 0.429. The molecule has 2 N–H and O–H groups in total. The van der Waals surface area contributed by atoms with Crippen LogP contribution in [0.4, 0.5) is 5.95 Å². The molecule has 13 heavy (non-hydrogen) atoms. The summed E-state index contributed by atoms with van der Waals surface area (Å²) in [5, 5.41) is 0. The molecular weight excluding hydrogens is 190 g/mol. The van der Waals surface area contributed by atoms with Gasteiger partial charge in [-0.25, -0.2) is 18.4 Å². The second kappa shape index (κ2) is 3.29. The van der Waals surface area contributed by atoms with Crippen molar-refractivity contribution >= 4 is 15.8 Å². The van der Waals surface area contributed by atoms with Crippen LogP contribution in [0.15, 0.2) is 11.1 Å². The normalized spacial score (nSPS) is 11.5. The lowest BCUT2D eigenvalue weighted by Gasteiger charge is -2.03. The summed E-state index contributed by atoms with van der Waals surface area (Å²) in [7, 11) is -3.23. The number of nitrogens with two attached hydrogens (primary N) is 1. The molecule has 0 atom stereocenters. The summed E-state index contributed by atoms with van der Waals surface area (Å²) in [6.07, 6.45) is 1.25. The van der Waals surface area contributed by atoms with E-state index in [-0.39, 0.29) is 16.6 Å². The highest BCUT2D eigenvalue weighted by Gasteiger charge is 2.15. The van der Waals surface area contributed by atoms with E-state index in [2.05, 4.69) is 9.97 Å². The Bertz CT molecular complexity index is 414. The summed E-state index contributed by atoms with van der Waals surface area (Å²) in [4.78, 5) is 7.57. The van der Waals surface area contributed by atoms with Crippen molar-refractivity contribution in [2.45, 2.75) is 18.7 Å². The quantitative estimate of drug-likeness (QED) is 0.736. The molecule has 0 aliphatic rings. The molecule has 0 spiro atoms. The van der Waals surface area contributed by atoms with Crippen molar-refractivity contribution in [2.24, 2.45) is 0 Å². The molecule has 0 bridgehead atoms. The first-order valence-electron chi connectivity index (χ1n) is 3.79. The maximum absolute atomic E-state index is 11.4. The van der Waals surface area contributed by atoms with E-state index >= 15 is 0 Å². The van der Waals surface area contributed by atoms with E-state index in [0.29, 0.717) is 5.69 Å². The average molecular weight is 201 g/mol. The van der Waals surface area contributed by atoms with Crippen LogP contribution >= 0.6 is 0 Å². The molecule has 1 aromatic heterocycles. The van der Waals surface area contributed by atoms with Crippen molar-refractivity contribution in [3.63, 3.8) is 0 Å². The van der Waals surface area contributed by atoms with Gasteiger partial charge in [-0.3, -0.25) is 0 Å². The molecule has 0 fully saturated rings. The van der Waals surface area contributed by atoms with Crippen molar-refractivity contribution in [1.82, 2.24) is 9.97 Å². The highest BCUT2D eigenvalue weighted by atomic mass is 32.2. The first kappa shape index (κ1) is 9.91. The average Bonchev–Trinajstić information content (AvgIpc) is 2.03. The number of aromatic nitrogens is 2. The maximum Gasteiger partial charge on any atom is 0.220 e. The van der Waals surface area contributed by atoms with E-state index in [0.717, 1.165) is 0 Å². The Balaban J connectivity index is 3.33. The second-order valence-corrected chi connectivity index (χ2v) is 4.83. The van der Waals surface area contributed by atoms with Gasteiger partial charge in [-0.15, -0.1) is 0 Å². The predicted octanol–water partition coefficient (Wildman–Crippen LogP) is 0.161. The predicted molar refractivity (Wildman–Crippen MR) is 48.9 cm³/mol. The Morgan fingerprint density at radius 3 is 2.62 bits per heavy atom. The van der Waals surface area contributed by atoms with Gasteiger partial charge in [0.2, 0.25) is 5.95 Å². The maximum atomic E-state index is 11.4. The molecule has 0 radical (unpaired) electrons. The van der Waals surface area contributed by atoms with Gasteiger partial charge in [0.15, 0.2) is 9.84 Å². The van der Waals surface area contributed by atoms with Crippen LogP contribution in [0.1, 0.15) is 12.6 Å². The number of aryl methyl sites for hydroxylation is 1. The second-order valence-electron chi connectivity index (χ2n) is 2.58. The number of hydrogen-bond donors (Lipinski definition) is 1. The highest BCUT2D eigenvalue weighted by molar-refractivity contribution is 7.91. The van der Waals surface area contributed by atoms with Gasteiger partial charge in [-0.1, -0.05) is 6.92 Å². The number of nitrogen functional groups attached to an aromatic ring is 1. The SMILES string of the molecule is CCS(=O)(=O)c1cnc(N)nc1C. The molecule has 0 unspecified atom stereocenters. The molecule has 72 valence electrons. The van der Waals surface area contributed by atoms with Crippen molar-refractivity contribution in [2.75, 3.05) is 11.5 Å². The molecular formula is C7H11N3O2S. The van der Waals surface area contributed by atoms with Crippen molar-refractivity contribution in [3.8, 4) is 0 Å². The van der Waals surface area contributed by atoms with Crippen LogP contribution in [-0.4, -0.2) is 24.1 Å². The molecule has 6 heteroatoms. The molecule has 0 amide bonds. The summed E-state index contributed by atoms with van der Waals surface area (Å²) >= 11 is 0. The monoisotopic (exact) mass is 201 g/mol. The lowest BCUT2D eigenvalue weighted by Crippen LogP contribution is -2.09. The topological polar surface area (TPSA) is 85.9 Å². The fourth-order valence-electron chi connectivity index (χ4n) is 0.935. The van der Waals surface area contributed by atoms with Gasteiger partial charge in [0.1, 0.15) is 4.90 Å². The zero-order valence-corrected chi connectivity index (χ0v) is 8.30. The summed E-state index contributed by atoms with van der Waals surface area (Å²) < 4.78 is 22.8. The van der Waals surface area contributed by atoms with Crippen LogP contribution in [0.25, 0.3) is 0 Å². The fourth-order valence-corrected chi connectivity index (χ4v) is 1.95. The lowest BCUT2D eigenvalue weighted by atomic mass is 10.4. The number of hydrogen-bond acceptors (Lipinski definition) is 5. The summed E-state index contributed by atoms with van der Waals surface area (Å²) in [6, 6.07) is 0. The third-order valence-electron chi connectivity index (χ3n) is 1.67. The Hall–Kier alpha value is -1.17. The lowest BCUT2D eigenvalue weighted by molar-refractivity contribution is 0.595. The Labute approximate surface area is 76.9 Å². The van der Waals surface area contributed by atoms with Crippen molar-refractivity contribution in [1.29, 1.82) is 0 Å². The minimum atomic E-state index is -3.23. The molecule has 0 saturated carbocycles. The molecule has 1 rings (SSSR count). The van der Waals surface area contributed by atoms with Gasteiger partial charge in [0.25, 0.3) is 0 Å². The van der Waals surface area contributed by atoms with E-state index in [4.69, 9.17) is 5.73 Å². The minimum Gasteiger partial charge on any atom is -0.368 e. The van der Waals surface area contributed by atoms with Gasteiger partial charge >= 0.3 is 0 Å². The van der Waals surface area contributed by atoms with Gasteiger partial charge in [-0.05, 0) is 6.92 Å². The van der Waals surface area contributed by atoms with Crippen LogP contribution in [0.5, 0.6) is 0 Å². The van der Waals surface area contributed by atoms with Gasteiger partial charge in [0, 0.05) is 0 Å². The zero-order chi connectivity index (χ0) is 10.1. The highest BCUT2D eigenvalue weighted by Crippen LogP contribution is 2.13. The molecule has 1 aromatic rings. The summed E-state index contributed by atoms with van der Waals surface area (Å²) in [5.41, 5.74) is 5.69. The molecule has 5 nitrogen and oxygen atoms in total. The van der Waals surface area contributed by atoms with Crippen molar-refractivity contribution < 1.29 is 8.42 Å². The van der Waals surface area contributed by atoms with E-state index in [1.165, 1.54) is 6.20 Å². The number of nitrogens with zero attached hydrogens (tertiary/aromatic N) is 2. The van der Waals surface area contributed by atoms with Crippen LogP contribution in [0.3, 0.4) is 0 Å². The third-order valence-corrected chi connectivity index (χ3v) is 3.50. The molecule has 0 saturated heterocycles. The number of anilines is 1. The van der Waals surface area contributed by atoms with Crippen molar-refractivity contribution in [3.05, 3.63) is 11.9 Å². The van der Waals surface area contributed by atoms with Crippen LogP contribution in [0, 0.1) is 6.92 Å². The first-order valence-corrected chi connectivity index (χ1v) is 5.44. The van der Waals surface area contributed by atoms with Crippen LogP contribution < -0.4 is 5.73 Å². The number of rotatable bonds is 2. The number of sulfone groups is 1. The Kier molecular flexibility index (Phi) is 2.51. The van der Waals surface area contributed by atoms with E-state index in [9.17, 15) is 8.42 Å². The summed E-state index contributed by atoms with van der Waals surface area (Å²) in [6.45, 7) is 3.17. The third kappa shape index (κ3) is 1.95. The molecule has 0 aliphatic carbocycles. The molecule has 0 aromatic carbocycles.